The molecule has 1 aliphatic carbocycles. The van der Waals surface area contributed by atoms with E-state index in [0.717, 1.165) is 29.2 Å². The second-order valence-corrected chi connectivity index (χ2v) is 6.84. The lowest BCUT2D eigenvalue weighted by atomic mass is 9.94. The second kappa shape index (κ2) is 6.20. The Bertz CT molecular complexity index is 599. The Morgan fingerprint density at radius 2 is 1.81 bits per heavy atom. The molecule has 2 fully saturated rings. The van der Waals surface area contributed by atoms with Crippen molar-refractivity contribution < 1.29 is 9.53 Å². The van der Waals surface area contributed by atoms with Crippen molar-refractivity contribution in [2.24, 2.45) is 0 Å². The summed E-state index contributed by atoms with van der Waals surface area (Å²) in [5, 5.41) is 0. The summed E-state index contributed by atoms with van der Waals surface area (Å²) in [5.74, 6) is 0.807. The molecule has 1 heterocycles. The molecule has 0 N–H and O–H groups in total. The molecule has 0 spiro atoms. The minimum atomic E-state index is 0.0343. The molecule has 1 saturated heterocycles. The number of benzene rings is 1. The number of hydrogen-bond donors (Lipinski definition) is 0. The first-order valence-electron chi connectivity index (χ1n) is 7.13. The third-order valence-electron chi connectivity index (χ3n) is 3.88. The van der Waals surface area contributed by atoms with Crippen molar-refractivity contribution in [3.05, 3.63) is 34.7 Å². The number of carbonyl (C=O) groups is 1. The van der Waals surface area contributed by atoms with E-state index in [0.29, 0.717) is 4.32 Å². The lowest BCUT2D eigenvalue weighted by Crippen LogP contribution is -2.27. The van der Waals surface area contributed by atoms with Crippen LogP contribution in [-0.4, -0.2) is 17.3 Å². The number of anilines is 1. The van der Waals surface area contributed by atoms with E-state index in [-0.39, 0.29) is 5.91 Å². The van der Waals surface area contributed by atoms with Crippen LogP contribution in [0.15, 0.2) is 34.7 Å². The van der Waals surface area contributed by atoms with Gasteiger partial charge in [-0.05, 0) is 49.9 Å². The van der Waals surface area contributed by atoms with E-state index in [9.17, 15) is 4.79 Å². The average molecular weight is 319 g/mol. The van der Waals surface area contributed by atoms with E-state index in [1.807, 2.05) is 24.3 Å². The van der Waals surface area contributed by atoms with Gasteiger partial charge in [0, 0.05) is 0 Å². The SMILES string of the molecule is COc1ccc(N2C(=O)C(=C3CCCCC3)SC2=S)cc1. The molecule has 3 rings (SSSR count). The van der Waals surface area contributed by atoms with Crippen molar-refractivity contribution in [3.63, 3.8) is 0 Å². The molecule has 1 saturated carbocycles. The number of rotatable bonds is 2. The third kappa shape index (κ3) is 2.85. The van der Waals surface area contributed by atoms with Crippen LogP contribution in [0.1, 0.15) is 32.1 Å². The van der Waals surface area contributed by atoms with Gasteiger partial charge in [-0.25, -0.2) is 0 Å². The van der Waals surface area contributed by atoms with Gasteiger partial charge in [0.1, 0.15) is 5.75 Å². The van der Waals surface area contributed by atoms with Crippen LogP contribution < -0.4 is 9.64 Å². The molecule has 110 valence electrons. The maximum Gasteiger partial charge on any atom is 0.270 e. The molecule has 1 aromatic rings. The van der Waals surface area contributed by atoms with Gasteiger partial charge in [-0.2, -0.15) is 0 Å². The highest BCUT2D eigenvalue weighted by atomic mass is 32.2. The Hall–Kier alpha value is -1.33. The van der Waals surface area contributed by atoms with Crippen molar-refractivity contribution in [1.29, 1.82) is 0 Å². The lowest BCUT2D eigenvalue weighted by Gasteiger charge is -2.17. The van der Waals surface area contributed by atoms with Gasteiger partial charge < -0.3 is 4.74 Å². The molecule has 21 heavy (non-hydrogen) atoms. The zero-order valence-electron chi connectivity index (χ0n) is 11.9. The number of allylic oxidation sites excluding steroid dienone is 1. The molecule has 1 amide bonds. The Labute approximate surface area is 134 Å². The Morgan fingerprint density at radius 1 is 1.14 bits per heavy atom. The summed E-state index contributed by atoms with van der Waals surface area (Å²) in [7, 11) is 1.63. The van der Waals surface area contributed by atoms with Gasteiger partial charge in [0.2, 0.25) is 0 Å². The van der Waals surface area contributed by atoms with Crippen molar-refractivity contribution in [1.82, 2.24) is 0 Å². The number of ether oxygens (including phenoxy) is 1. The van der Waals surface area contributed by atoms with Gasteiger partial charge >= 0.3 is 0 Å². The minimum Gasteiger partial charge on any atom is -0.497 e. The van der Waals surface area contributed by atoms with Gasteiger partial charge in [0.15, 0.2) is 4.32 Å². The summed E-state index contributed by atoms with van der Waals surface area (Å²) in [4.78, 5) is 15.2. The highest BCUT2D eigenvalue weighted by molar-refractivity contribution is 8.27. The topological polar surface area (TPSA) is 29.5 Å². The van der Waals surface area contributed by atoms with Crippen molar-refractivity contribution in [2.75, 3.05) is 12.0 Å². The molecular formula is C16H17NO2S2. The molecule has 0 atom stereocenters. The maximum atomic E-state index is 12.7. The molecule has 0 radical (unpaired) electrons. The van der Waals surface area contributed by atoms with Gasteiger partial charge in [-0.15, -0.1) is 0 Å². The zero-order chi connectivity index (χ0) is 14.8. The summed E-state index contributed by atoms with van der Waals surface area (Å²) < 4.78 is 5.77. The number of thiocarbonyl (C=S) groups is 1. The predicted molar refractivity (Wildman–Crippen MR) is 90.8 cm³/mol. The highest BCUT2D eigenvalue weighted by Crippen LogP contribution is 2.40. The van der Waals surface area contributed by atoms with E-state index < -0.39 is 0 Å². The van der Waals surface area contributed by atoms with Crippen LogP contribution in [-0.2, 0) is 4.79 Å². The van der Waals surface area contributed by atoms with Gasteiger partial charge in [-0.3, -0.25) is 9.69 Å². The molecule has 0 aromatic heterocycles. The van der Waals surface area contributed by atoms with E-state index in [2.05, 4.69) is 0 Å². The fourth-order valence-electron chi connectivity index (χ4n) is 2.74. The summed E-state index contributed by atoms with van der Waals surface area (Å²) >= 11 is 6.86. The van der Waals surface area contributed by atoms with Gasteiger partial charge in [-0.1, -0.05) is 36.0 Å². The molecule has 0 bridgehead atoms. The largest absolute Gasteiger partial charge is 0.497 e. The van der Waals surface area contributed by atoms with Crippen LogP contribution in [0.2, 0.25) is 0 Å². The van der Waals surface area contributed by atoms with E-state index in [1.54, 1.807) is 12.0 Å². The monoisotopic (exact) mass is 319 g/mol. The van der Waals surface area contributed by atoms with Crippen molar-refractivity contribution >= 4 is 39.9 Å². The highest BCUT2D eigenvalue weighted by Gasteiger charge is 2.35. The quantitative estimate of drug-likeness (QED) is 0.601. The first-order chi connectivity index (χ1) is 10.2. The first-order valence-corrected chi connectivity index (χ1v) is 8.35. The van der Waals surface area contributed by atoms with Gasteiger partial charge in [0.05, 0.1) is 17.7 Å². The second-order valence-electron chi connectivity index (χ2n) is 5.20. The Kier molecular flexibility index (Phi) is 4.31. The normalized spacial score (nSPS) is 19.4. The van der Waals surface area contributed by atoms with E-state index in [1.165, 1.54) is 36.6 Å². The molecule has 0 unspecified atom stereocenters. The standard InChI is InChI=1S/C16H17NO2S2/c1-19-13-9-7-12(8-10-13)17-15(18)14(21-16(17)20)11-5-3-2-4-6-11/h7-10H,2-6H2,1H3. The summed E-state index contributed by atoms with van der Waals surface area (Å²) in [5.41, 5.74) is 2.10. The fourth-order valence-corrected chi connectivity index (χ4v) is 4.16. The molecule has 1 aliphatic heterocycles. The minimum absolute atomic E-state index is 0.0343. The maximum absolute atomic E-state index is 12.7. The van der Waals surface area contributed by atoms with E-state index in [4.69, 9.17) is 17.0 Å². The van der Waals surface area contributed by atoms with Crippen LogP contribution in [0.25, 0.3) is 0 Å². The smallest absolute Gasteiger partial charge is 0.270 e. The summed E-state index contributed by atoms with van der Waals surface area (Å²) in [6, 6.07) is 7.44. The number of carbonyl (C=O) groups excluding carboxylic acids is 1. The first kappa shape index (κ1) is 14.6. The van der Waals surface area contributed by atoms with Crippen molar-refractivity contribution in [3.8, 4) is 5.75 Å². The number of amides is 1. The van der Waals surface area contributed by atoms with Crippen LogP contribution in [0.5, 0.6) is 5.75 Å². The molecular weight excluding hydrogens is 302 g/mol. The Balaban J connectivity index is 1.89. The van der Waals surface area contributed by atoms with Crippen molar-refractivity contribution in [2.45, 2.75) is 32.1 Å². The molecule has 2 aliphatic rings. The van der Waals surface area contributed by atoms with Crippen LogP contribution in [0.4, 0.5) is 5.69 Å². The lowest BCUT2D eigenvalue weighted by molar-refractivity contribution is -0.113. The molecule has 1 aromatic carbocycles. The number of methoxy groups -OCH3 is 1. The van der Waals surface area contributed by atoms with Crippen LogP contribution >= 0.6 is 24.0 Å². The number of nitrogens with zero attached hydrogens (tertiary/aromatic N) is 1. The predicted octanol–water partition coefficient (Wildman–Crippen LogP) is 4.28. The Morgan fingerprint density at radius 3 is 2.43 bits per heavy atom. The third-order valence-corrected chi connectivity index (χ3v) is 5.34. The zero-order valence-corrected chi connectivity index (χ0v) is 13.6. The average Bonchev–Trinajstić information content (AvgIpc) is 2.83. The van der Waals surface area contributed by atoms with Crippen LogP contribution in [0, 0.1) is 0 Å². The summed E-state index contributed by atoms with van der Waals surface area (Å²) in [6.45, 7) is 0. The molecule has 3 nitrogen and oxygen atoms in total. The summed E-state index contributed by atoms with van der Waals surface area (Å²) in [6.07, 6.45) is 5.70. The number of thioether (sulfide) groups is 1. The van der Waals surface area contributed by atoms with Gasteiger partial charge in [0.25, 0.3) is 5.91 Å². The molecule has 5 heteroatoms. The van der Waals surface area contributed by atoms with Crippen LogP contribution in [0.3, 0.4) is 0 Å². The van der Waals surface area contributed by atoms with E-state index >= 15 is 0 Å². The fraction of sp³-hybridized carbons (Fsp3) is 0.375. The number of hydrogen-bond acceptors (Lipinski definition) is 4.